The summed E-state index contributed by atoms with van der Waals surface area (Å²) in [6.07, 6.45) is 10.8. The highest BCUT2D eigenvalue weighted by molar-refractivity contribution is 5.66. The molecule has 1 N–H and O–H groups in total. The number of ether oxygens (including phenoxy) is 2. The number of halogens is 1. The number of hydrogen-bond donors (Lipinski definition) is 1. The standard InChI is InChI=1S/C30H51N2O4.BrH/c1-20(33)36-28-26(32(4)13-5-6-14-32)18-24-22-8-7-21-17-27(34)25(31-11-15-35-16-12-31)19-30(21,3)23(22)9-10-29(24,28)2;/h21-28,34H,5-19H2,1-4H3;1H/q+1;/p-1/t21-,22+,23-,24-,25-,26-,27-,28-,29-,30-;/m0./s1. The molecule has 10 atom stereocenters. The number of morpholine rings is 1. The molecule has 0 spiro atoms. The molecule has 37 heavy (non-hydrogen) atoms. The van der Waals surface area contributed by atoms with Crippen molar-refractivity contribution in [3.05, 3.63) is 0 Å². The van der Waals surface area contributed by atoms with E-state index in [0.29, 0.717) is 23.3 Å². The fourth-order valence-corrected chi connectivity index (χ4v) is 10.9. The molecular formula is C30H51BrN2O4. The van der Waals surface area contributed by atoms with E-state index in [1.807, 2.05) is 0 Å². The average molecular weight is 584 g/mol. The third-order valence-electron chi connectivity index (χ3n) is 12.8. The third-order valence-corrected chi connectivity index (χ3v) is 12.8. The third kappa shape index (κ3) is 4.55. The Kier molecular flexibility index (Phi) is 7.90. The van der Waals surface area contributed by atoms with Gasteiger partial charge in [-0.05, 0) is 67.6 Å². The van der Waals surface area contributed by atoms with Crippen LogP contribution in [0.3, 0.4) is 0 Å². The lowest BCUT2D eigenvalue weighted by atomic mass is 9.44. The van der Waals surface area contributed by atoms with E-state index in [4.69, 9.17) is 9.47 Å². The number of quaternary nitrogens is 1. The Hall–Kier alpha value is -0.210. The minimum atomic E-state index is -0.199. The Morgan fingerprint density at radius 1 is 1.03 bits per heavy atom. The average Bonchev–Trinajstić information content (AvgIpc) is 3.42. The van der Waals surface area contributed by atoms with E-state index in [1.165, 1.54) is 58.0 Å². The summed E-state index contributed by atoms with van der Waals surface area (Å²) in [5, 5.41) is 11.2. The van der Waals surface area contributed by atoms with Crippen LogP contribution in [-0.4, -0.2) is 91.2 Å². The molecule has 6 aliphatic rings. The first-order valence-corrected chi connectivity index (χ1v) is 15.2. The number of likely N-dealkylation sites (N-methyl/N-ethyl adjacent to an activating group) is 1. The minimum absolute atomic E-state index is 0. The van der Waals surface area contributed by atoms with E-state index in [2.05, 4.69) is 25.8 Å². The molecule has 0 aromatic rings. The zero-order valence-electron chi connectivity index (χ0n) is 23.7. The molecule has 6 rings (SSSR count). The maximum absolute atomic E-state index is 12.4. The van der Waals surface area contributed by atoms with Gasteiger partial charge in [-0.25, -0.2) is 0 Å². The van der Waals surface area contributed by atoms with Crippen molar-refractivity contribution in [1.29, 1.82) is 0 Å². The number of aliphatic hydroxyl groups excluding tert-OH is 1. The first-order chi connectivity index (χ1) is 17.2. The topological polar surface area (TPSA) is 59.0 Å². The van der Waals surface area contributed by atoms with Crippen molar-refractivity contribution in [3.8, 4) is 0 Å². The van der Waals surface area contributed by atoms with E-state index < -0.39 is 0 Å². The van der Waals surface area contributed by atoms with Crippen molar-refractivity contribution in [2.45, 2.75) is 103 Å². The first-order valence-electron chi connectivity index (χ1n) is 15.2. The maximum Gasteiger partial charge on any atom is 0.303 e. The van der Waals surface area contributed by atoms with E-state index in [9.17, 15) is 9.90 Å². The van der Waals surface area contributed by atoms with Gasteiger partial charge in [0.05, 0.1) is 39.5 Å². The lowest BCUT2D eigenvalue weighted by Crippen LogP contribution is -3.00. The van der Waals surface area contributed by atoms with Crippen LogP contribution < -0.4 is 17.0 Å². The molecule has 0 radical (unpaired) electrons. The zero-order valence-corrected chi connectivity index (χ0v) is 25.3. The summed E-state index contributed by atoms with van der Waals surface area (Å²) >= 11 is 0. The van der Waals surface area contributed by atoms with E-state index in [0.717, 1.165) is 55.5 Å². The SMILES string of the molecule is CC(=O)O[C@H]1[C@@H]([N+]2(C)CCCC2)C[C@H]2[C@@H]3CC[C@H]4C[C@H](O)[C@@H](N5CCOCC5)C[C@]4(C)[C@H]3CC[C@@]21C.[Br-]. The molecule has 7 heteroatoms. The highest BCUT2D eigenvalue weighted by atomic mass is 79.9. The van der Waals surface area contributed by atoms with Gasteiger partial charge in [-0.15, -0.1) is 0 Å². The summed E-state index contributed by atoms with van der Waals surface area (Å²) < 4.78 is 13.0. The van der Waals surface area contributed by atoms with Crippen molar-refractivity contribution < 1.29 is 40.8 Å². The molecule has 4 aliphatic carbocycles. The second-order valence-electron chi connectivity index (χ2n) is 14.4. The molecule has 2 aliphatic heterocycles. The second kappa shape index (κ2) is 10.3. The highest BCUT2D eigenvalue weighted by Crippen LogP contribution is 2.67. The second-order valence-corrected chi connectivity index (χ2v) is 14.4. The number of nitrogens with zero attached hydrogens (tertiary/aromatic N) is 2. The summed E-state index contributed by atoms with van der Waals surface area (Å²) in [7, 11) is 2.44. The normalized spacial score (nSPS) is 49.3. The van der Waals surface area contributed by atoms with Crippen LogP contribution in [0, 0.1) is 34.5 Å². The van der Waals surface area contributed by atoms with Crippen molar-refractivity contribution >= 4 is 5.97 Å². The van der Waals surface area contributed by atoms with Gasteiger partial charge in [0.25, 0.3) is 0 Å². The van der Waals surface area contributed by atoms with Crippen LogP contribution in [0.2, 0.25) is 0 Å². The van der Waals surface area contributed by atoms with Gasteiger partial charge < -0.3 is 36.0 Å². The summed E-state index contributed by atoms with van der Waals surface area (Å²) in [5.74, 6) is 2.64. The molecular weight excluding hydrogens is 532 g/mol. The Balaban J connectivity index is 0.00000280. The number of hydrogen-bond acceptors (Lipinski definition) is 5. The first kappa shape index (κ1) is 28.3. The van der Waals surface area contributed by atoms with Crippen LogP contribution in [0.1, 0.15) is 78.6 Å². The predicted octanol–water partition coefficient (Wildman–Crippen LogP) is 0.855. The van der Waals surface area contributed by atoms with Crippen molar-refractivity contribution in [3.63, 3.8) is 0 Å². The summed E-state index contributed by atoms with van der Waals surface area (Å²) in [6.45, 7) is 12.7. The van der Waals surface area contributed by atoms with E-state index in [1.54, 1.807) is 6.92 Å². The van der Waals surface area contributed by atoms with Crippen LogP contribution in [0.25, 0.3) is 0 Å². The monoisotopic (exact) mass is 582 g/mol. The Bertz CT molecular complexity index is 845. The Labute approximate surface area is 235 Å². The van der Waals surface area contributed by atoms with Gasteiger partial charge in [-0.3, -0.25) is 9.69 Å². The van der Waals surface area contributed by atoms with Crippen LogP contribution in [0.5, 0.6) is 0 Å². The van der Waals surface area contributed by atoms with Gasteiger partial charge in [0, 0.05) is 50.7 Å². The van der Waals surface area contributed by atoms with Gasteiger partial charge in [0.15, 0.2) is 6.10 Å². The number of aliphatic hydroxyl groups is 1. The Morgan fingerprint density at radius 2 is 1.73 bits per heavy atom. The molecule has 0 unspecified atom stereocenters. The molecule has 2 heterocycles. The van der Waals surface area contributed by atoms with Crippen LogP contribution in [-0.2, 0) is 14.3 Å². The summed E-state index contributed by atoms with van der Waals surface area (Å²) in [5.41, 5.74) is 0.399. The fraction of sp³-hybridized carbons (Fsp3) is 0.967. The highest BCUT2D eigenvalue weighted by Gasteiger charge is 2.67. The molecule has 0 aromatic heterocycles. The Morgan fingerprint density at radius 3 is 2.41 bits per heavy atom. The molecule has 0 bridgehead atoms. The van der Waals surface area contributed by atoms with Gasteiger partial charge in [0.2, 0.25) is 0 Å². The molecule has 212 valence electrons. The summed E-state index contributed by atoms with van der Waals surface area (Å²) in [4.78, 5) is 14.9. The van der Waals surface area contributed by atoms with Gasteiger partial charge >= 0.3 is 5.97 Å². The molecule has 6 nitrogen and oxygen atoms in total. The molecule has 4 saturated carbocycles. The van der Waals surface area contributed by atoms with Crippen LogP contribution in [0.4, 0.5) is 0 Å². The largest absolute Gasteiger partial charge is 1.00 e. The van der Waals surface area contributed by atoms with Gasteiger partial charge in [0.1, 0.15) is 6.04 Å². The predicted molar refractivity (Wildman–Crippen MR) is 139 cm³/mol. The fourth-order valence-electron chi connectivity index (χ4n) is 10.9. The summed E-state index contributed by atoms with van der Waals surface area (Å²) in [6, 6.07) is 0.728. The maximum atomic E-state index is 12.4. The number of carbonyl (C=O) groups is 1. The molecule has 6 fully saturated rings. The van der Waals surface area contributed by atoms with Crippen molar-refractivity contribution in [2.75, 3.05) is 46.4 Å². The van der Waals surface area contributed by atoms with Crippen LogP contribution in [0.15, 0.2) is 0 Å². The van der Waals surface area contributed by atoms with Crippen molar-refractivity contribution in [1.82, 2.24) is 4.90 Å². The van der Waals surface area contributed by atoms with Crippen molar-refractivity contribution in [2.24, 2.45) is 34.5 Å². The number of fused-ring (bicyclic) bond motifs is 5. The zero-order chi connectivity index (χ0) is 25.3. The number of rotatable bonds is 3. The lowest BCUT2D eigenvalue weighted by Gasteiger charge is -2.62. The van der Waals surface area contributed by atoms with E-state index in [-0.39, 0.29) is 46.6 Å². The van der Waals surface area contributed by atoms with Gasteiger partial charge in [-0.1, -0.05) is 13.8 Å². The number of esters is 1. The minimum Gasteiger partial charge on any atom is -1.00 e. The molecule has 0 amide bonds. The smallest absolute Gasteiger partial charge is 0.303 e. The number of likely N-dealkylation sites (tertiary alicyclic amines) is 1. The molecule has 2 saturated heterocycles. The molecule has 0 aromatic carbocycles. The number of carbonyl (C=O) groups excluding carboxylic acids is 1. The van der Waals surface area contributed by atoms with Gasteiger partial charge in [-0.2, -0.15) is 0 Å². The lowest BCUT2D eigenvalue weighted by molar-refractivity contribution is -0.924. The van der Waals surface area contributed by atoms with Crippen LogP contribution >= 0.6 is 0 Å². The van der Waals surface area contributed by atoms with E-state index >= 15 is 0 Å². The quantitative estimate of drug-likeness (QED) is 0.395.